The van der Waals surface area contributed by atoms with Crippen molar-refractivity contribution >= 4 is 5.91 Å². The SMILES string of the molecule is Cc1nc(C(=O)N2CCCCCC2CC(O)c2ccco2)no1. The summed E-state index contributed by atoms with van der Waals surface area (Å²) in [5, 5.41) is 14.1. The predicted molar refractivity (Wildman–Crippen MR) is 80.6 cm³/mol. The Labute approximate surface area is 134 Å². The maximum Gasteiger partial charge on any atom is 0.295 e. The second-order valence-electron chi connectivity index (χ2n) is 5.91. The molecule has 7 nitrogen and oxygen atoms in total. The Kier molecular flexibility index (Phi) is 4.76. The summed E-state index contributed by atoms with van der Waals surface area (Å²) in [7, 11) is 0. The Bertz CT molecular complexity index is 638. The molecule has 2 aromatic rings. The van der Waals surface area contributed by atoms with Gasteiger partial charge in [0.25, 0.3) is 11.7 Å². The molecule has 1 fully saturated rings. The van der Waals surface area contributed by atoms with Gasteiger partial charge in [-0.2, -0.15) is 4.98 Å². The Morgan fingerprint density at radius 1 is 1.48 bits per heavy atom. The fourth-order valence-corrected chi connectivity index (χ4v) is 3.06. The molecule has 0 spiro atoms. The van der Waals surface area contributed by atoms with Crippen LogP contribution in [-0.2, 0) is 0 Å². The molecule has 0 bridgehead atoms. The van der Waals surface area contributed by atoms with Crippen LogP contribution in [0.25, 0.3) is 0 Å². The van der Waals surface area contributed by atoms with Crippen molar-refractivity contribution in [3.63, 3.8) is 0 Å². The summed E-state index contributed by atoms with van der Waals surface area (Å²) in [5.74, 6) is 0.745. The average molecular weight is 319 g/mol. The van der Waals surface area contributed by atoms with Gasteiger partial charge in [0.1, 0.15) is 11.9 Å². The van der Waals surface area contributed by atoms with E-state index in [4.69, 9.17) is 8.94 Å². The number of rotatable bonds is 4. The quantitative estimate of drug-likeness (QED) is 0.930. The number of aliphatic hydroxyl groups excluding tert-OH is 1. The van der Waals surface area contributed by atoms with Crippen molar-refractivity contribution in [2.75, 3.05) is 6.54 Å². The monoisotopic (exact) mass is 319 g/mol. The van der Waals surface area contributed by atoms with E-state index in [1.807, 2.05) is 0 Å². The molecule has 1 saturated heterocycles. The van der Waals surface area contributed by atoms with Gasteiger partial charge in [0.15, 0.2) is 0 Å². The van der Waals surface area contributed by atoms with E-state index in [1.54, 1.807) is 24.0 Å². The van der Waals surface area contributed by atoms with E-state index in [0.717, 1.165) is 25.7 Å². The minimum atomic E-state index is -0.726. The molecule has 1 N–H and O–H groups in total. The molecule has 124 valence electrons. The molecule has 0 aliphatic carbocycles. The topological polar surface area (TPSA) is 92.6 Å². The molecule has 0 aromatic carbocycles. The van der Waals surface area contributed by atoms with E-state index in [0.29, 0.717) is 24.6 Å². The molecule has 2 aromatic heterocycles. The fraction of sp³-hybridized carbons (Fsp3) is 0.562. The maximum atomic E-state index is 12.7. The summed E-state index contributed by atoms with van der Waals surface area (Å²) >= 11 is 0. The normalized spacial score (nSPS) is 20.3. The number of hydrogen-bond acceptors (Lipinski definition) is 6. The molecule has 3 heterocycles. The van der Waals surface area contributed by atoms with Gasteiger partial charge in [0.05, 0.1) is 6.26 Å². The highest BCUT2D eigenvalue weighted by molar-refractivity contribution is 5.90. The molecule has 1 aliphatic rings. The van der Waals surface area contributed by atoms with Crippen LogP contribution in [0.1, 0.15) is 60.5 Å². The van der Waals surface area contributed by atoms with E-state index < -0.39 is 6.10 Å². The van der Waals surface area contributed by atoms with Gasteiger partial charge < -0.3 is 18.9 Å². The van der Waals surface area contributed by atoms with Crippen LogP contribution in [-0.4, -0.2) is 38.6 Å². The summed E-state index contributed by atoms with van der Waals surface area (Å²) in [6.45, 7) is 2.30. The molecule has 3 rings (SSSR count). The number of aromatic nitrogens is 2. The predicted octanol–water partition coefficient (Wildman–Crippen LogP) is 2.48. The van der Waals surface area contributed by atoms with E-state index in [2.05, 4.69) is 10.1 Å². The molecule has 1 amide bonds. The number of furan rings is 1. The third kappa shape index (κ3) is 3.61. The van der Waals surface area contributed by atoms with Crippen molar-refractivity contribution in [2.45, 2.75) is 51.2 Å². The van der Waals surface area contributed by atoms with Gasteiger partial charge in [-0.05, 0) is 25.0 Å². The first-order valence-corrected chi connectivity index (χ1v) is 7.98. The molecule has 0 saturated carbocycles. The molecule has 7 heteroatoms. The van der Waals surface area contributed by atoms with E-state index in [9.17, 15) is 9.90 Å². The number of carbonyl (C=O) groups excluding carboxylic acids is 1. The van der Waals surface area contributed by atoms with Crippen LogP contribution in [0.15, 0.2) is 27.3 Å². The van der Waals surface area contributed by atoms with Crippen molar-refractivity contribution < 1.29 is 18.8 Å². The molecule has 2 unspecified atom stereocenters. The zero-order valence-corrected chi connectivity index (χ0v) is 13.1. The third-order valence-electron chi connectivity index (χ3n) is 4.22. The molecule has 1 aliphatic heterocycles. The number of likely N-dealkylation sites (tertiary alicyclic amines) is 1. The number of aliphatic hydroxyl groups is 1. The van der Waals surface area contributed by atoms with Gasteiger partial charge in [-0.25, -0.2) is 0 Å². The van der Waals surface area contributed by atoms with Crippen LogP contribution in [0.4, 0.5) is 0 Å². The van der Waals surface area contributed by atoms with Crippen LogP contribution in [0, 0.1) is 6.92 Å². The minimum Gasteiger partial charge on any atom is -0.467 e. The highest BCUT2D eigenvalue weighted by Gasteiger charge is 2.31. The first-order chi connectivity index (χ1) is 11.1. The summed E-state index contributed by atoms with van der Waals surface area (Å²) in [6, 6.07) is 3.43. The first kappa shape index (κ1) is 15.7. The summed E-state index contributed by atoms with van der Waals surface area (Å²) < 4.78 is 10.2. The van der Waals surface area contributed by atoms with E-state index in [-0.39, 0.29) is 17.8 Å². The Morgan fingerprint density at radius 3 is 3.04 bits per heavy atom. The Balaban J connectivity index is 1.75. The standard InChI is InChI=1S/C16H21N3O4/c1-11-17-15(18-23-11)16(21)19-8-4-2-3-6-12(19)10-13(20)14-7-5-9-22-14/h5,7,9,12-13,20H,2-4,6,8,10H2,1H3. The Morgan fingerprint density at radius 2 is 2.35 bits per heavy atom. The lowest BCUT2D eigenvalue weighted by molar-refractivity contribution is 0.0544. The number of carbonyl (C=O) groups is 1. The van der Waals surface area contributed by atoms with Crippen molar-refractivity contribution in [1.82, 2.24) is 15.0 Å². The van der Waals surface area contributed by atoms with Crippen molar-refractivity contribution in [3.8, 4) is 0 Å². The van der Waals surface area contributed by atoms with Crippen molar-refractivity contribution in [3.05, 3.63) is 35.9 Å². The van der Waals surface area contributed by atoms with Crippen LogP contribution < -0.4 is 0 Å². The lowest BCUT2D eigenvalue weighted by atomic mass is 10.0. The van der Waals surface area contributed by atoms with Gasteiger partial charge in [-0.1, -0.05) is 18.0 Å². The van der Waals surface area contributed by atoms with Crippen LogP contribution in [0.5, 0.6) is 0 Å². The highest BCUT2D eigenvalue weighted by atomic mass is 16.5. The third-order valence-corrected chi connectivity index (χ3v) is 4.22. The minimum absolute atomic E-state index is 0.0658. The van der Waals surface area contributed by atoms with E-state index in [1.165, 1.54) is 6.26 Å². The van der Waals surface area contributed by atoms with Crippen LogP contribution in [0.2, 0.25) is 0 Å². The molecule has 2 atom stereocenters. The molecule has 23 heavy (non-hydrogen) atoms. The van der Waals surface area contributed by atoms with Crippen molar-refractivity contribution in [1.29, 1.82) is 0 Å². The van der Waals surface area contributed by atoms with Gasteiger partial charge in [-0.15, -0.1) is 0 Å². The maximum absolute atomic E-state index is 12.7. The van der Waals surface area contributed by atoms with Gasteiger partial charge >= 0.3 is 0 Å². The second-order valence-corrected chi connectivity index (χ2v) is 5.91. The van der Waals surface area contributed by atoms with Gasteiger partial charge in [0, 0.05) is 25.9 Å². The number of amides is 1. The second kappa shape index (κ2) is 6.95. The average Bonchev–Trinajstić information content (AvgIpc) is 3.16. The number of aryl methyl sites for hydroxylation is 1. The van der Waals surface area contributed by atoms with Gasteiger partial charge in [-0.3, -0.25) is 4.79 Å². The number of hydrogen-bond donors (Lipinski definition) is 1. The lowest BCUT2D eigenvalue weighted by Gasteiger charge is -2.30. The molecular weight excluding hydrogens is 298 g/mol. The highest BCUT2D eigenvalue weighted by Crippen LogP contribution is 2.27. The zero-order chi connectivity index (χ0) is 16.2. The van der Waals surface area contributed by atoms with Crippen LogP contribution in [0.3, 0.4) is 0 Å². The summed E-state index contributed by atoms with van der Waals surface area (Å²) in [6.07, 6.45) is 5.14. The smallest absolute Gasteiger partial charge is 0.295 e. The van der Waals surface area contributed by atoms with Crippen LogP contribution >= 0.6 is 0 Å². The lowest BCUT2D eigenvalue weighted by Crippen LogP contribution is -2.41. The largest absolute Gasteiger partial charge is 0.467 e. The zero-order valence-electron chi connectivity index (χ0n) is 13.1. The fourth-order valence-electron chi connectivity index (χ4n) is 3.06. The first-order valence-electron chi connectivity index (χ1n) is 7.98. The Hall–Kier alpha value is -2.15. The summed E-state index contributed by atoms with van der Waals surface area (Å²) in [5.41, 5.74) is 0. The summed E-state index contributed by atoms with van der Waals surface area (Å²) in [4.78, 5) is 18.5. The molecule has 0 radical (unpaired) electrons. The molecular formula is C16H21N3O4. The van der Waals surface area contributed by atoms with Gasteiger partial charge in [0.2, 0.25) is 5.89 Å². The van der Waals surface area contributed by atoms with Crippen molar-refractivity contribution in [2.24, 2.45) is 0 Å². The van der Waals surface area contributed by atoms with E-state index >= 15 is 0 Å². The number of nitrogens with zero attached hydrogens (tertiary/aromatic N) is 3.